The quantitative estimate of drug-likeness (QED) is 0.454. The standard InChI is InChI=1S/C22H25NO7S2/c1-11-21(32-12(2)23-11)16-7-6-8-17(9-16)30-22-20(29-15(5)26)19(28-14(4)25)18(10-31-22)27-13(3)24/h6-9,18-20,22H,10H2,1-5H3/t18-,19+,20-,22+/m1/s1. The van der Waals surface area contributed by atoms with Gasteiger partial charge < -0.3 is 18.9 Å². The molecule has 3 rings (SSSR count). The first-order chi connectivity index (χ1) is 15.1. The fourth-order valence-electron chi connectivity index (χ4n) is 3.45. The minimum Gasteiger partial charge on any atom is -0.476 e. The van der Waals surface area contributed by atoms with Crippen LogP contribution in [0.2, 0.25) is 0 Å². The lowest BCUT2D eigenvalue weighted by atomic mass is 10.1. The number of thioether (sulfide) groups is 1. The van der Waals surface area contributed by atoms with Crippen LogP contribution in [0, 0.1) is 13.8 Å². The van der Waals surface area contributed by atoms with E-state index in [1.165, 1.54) is 32.5 Å². The molecule has 0 saturated carbocycles. The van der Waals surface area contributed by atoms with Crippen LogP contribution in [0.25, 0.3) is 10.4 Å². The van der Waals surface area contributed by atoms with Crippen molar-refractivity contribution < 1.29 is 33.3 Å². The number of aromatic nitrogens is 1. The first-order valence-electron chi connectivity index (χ1n) is 9.98. The Morgan fingerprint density at radius 1 is 0.969 bits per heavy atom. The highest BCUT2D eigenvalue weighted by Gasteiger charge is 2.47. The van der Waals surface area contributed by atoms with Gasteiger partial charge in [0.15, 0.2) is 23.7 Å². The molecular weight excluding hydrogens is 454 g/mol. The van der Waals surface area contributed by atoms with Crippen molar-refractivity contribution in [1.29, 1.82) is 0 Å². The van der Waals surface area contributed by atoms with E-state index in [9.17, 15) is 14.4 Å². The largest absolute Gasteiger partial charge is 0.476 e. The topological polar surface area (TPSA) is 101 Å². The lowest BCUT2D eigenvalue weighted by Gasteiger charge is -2.39. The maximum atomic E-state index is 11.8. The number of thiazole rings is 1. The molecular formula is C22H25NO7S2. The summed E-state index contributed by atoms with van der Waals surface area (Å²) in [7, 11) is 0. The Hall–Kier alpha value is -2.59. The maximum Gasteiger partial charge on any atom is 0.303 e. The van der Waals surface area contributed by atoms with Gasteiger partial charge in [-0.3, -0.25) is 14.4 Å². The van der Waals surface area contributed by atoms with Gasteiger partial charge in [-0.15, -0.1) is 23.1 Å². The second-order valence-corrected chi connectivity index (χ2v) is 9.63. The number of esters is 3. The van der Waals surface area contributed by atoms with Gasteiger partial charge in [0.1, 0.15) is 5.75 Å². The van der Waals surface area contributed by atoms with Crippen molar-refractivity contribution in [3.05, 3.63) is 35.0 Å². The van der Waals surface area contributed by atoms with E-state index in [0.717, 1.165) is 21.1 Å². The van der Waals surface area contributed by atoms with Gasteiger partial charge in [-0.05, 0) is 31.5 Å². The van der Waals surface area contributed by atoms with Crippen LogP contribution in [0.4, 0.5) is 0 Å². The fraction of sp³-hybridized carbons (Fsp3) is 0.455. The molecule has 32 heavy (non-hydrogen) atoms. The van der Waals surface area contributed by atoms with Crippen molar-refractivity contribution in [3.8, 4) is 16.2 Å². The molecule has 0 N–H and O–H groups in total. The van der Waals surface area contributed by atoms with Crippen molar-refractivity contribution in [3.63, 3.8) is 0 Å². The minimum atomic E-state index is -0.985. The Balaban J connectivity index is 1.88. The highest BCUT2D eigenvalue weighted by Crippen LogP contribution is 2.36. The number of nitrogens with zero attached hydrogens (tertiary/aromatic N) is 1. The molecule has 0 amide bonds. The van der Waals surface area contributed by atoms with Crippen LogP contribution in [0.3, 0.4) is 0 Å². The second kappa shape index (κ2) is 10.4. The summed E-state index contributed by atoms with van der Waals surface area (Å²) in [6.07, 6.45) is -2.71. The number of carbonyl (C=O) groups excluding carboxylic acids is 3. The summed E-state index contributed by atoms with van der Waals surface area (Å²) in [5.41, 5.74) is 1.23. The van der Waals surface area contributed by atoms with Crippen molar-refractivity contribution in [2.75, 3.05) is 5.75 Å². The van der Waals surface area contributed by atoms with Crippen LogP contribution in [-0.2, 0) is 28.6 Å². The molecule has 4 atom stereocenters. The Kier molecular flexibility index (Phi) is 7.78. The highest BCUT2D eigenvalue weighted by molar-refractivity contribution is 7.99. The zero-order valence-corrected chi connectivity index (χ0v) is 20.1. The molecule has 172 valence electrons. The number of ether oxygens (including phenoxy) is 4. The molecule has 2 aromatic rings. The molecule has 0 unspecified atom stereocenters. The van der Waals surface area contributed by atoms with E-state index in [-0.39, 0.29) is 0 Å². The third kappa shape index (κ3) is 6.01. The van der Waals surface area contributed by atoms with Crippen molar-refractivity contribution in [2.45, 2.75) is 58.4 Å². The molecule has 1 aromatic carbocycles. The predicted octanol–water partition coefficient (Wildman–Crippen LogP) is 3.67. The normalized spacial score (nSPS) is 22.7. The lowest BCUT2D eigenvalue weighted by Crippen LogP contribution is -2.55. The first-order valence-corrected chi connectivity index (χ1v) is 11.8. The molecule has 1 aliphatic rings. The van der Waals surface area contributed by atoms with E-state index >= 15 is 0 Å². The van der Waals surface area contributed by atoms with Gasteiger partial charge in [0.25, 0.3) is 0 Å². The summed E-state index contributed by atoms with van der Waals surface area (Å²) in [5, 5.41) is 0.974. The minimum absolute atomic E-state index is 0.312. The summed E-state index contributed by atoms with van der Waals surface area (Å²) >= 11 is 2.92. The maximum absolute atomic E-state index is 11.8. The van der Waals surface area contributed by atoms with E-state index < -0.39 is 41.7 Å². The number of aryl methyl sites for hydroxylation is 2. The van der Waals surface area contributed by atoms with Gasteiger partial charge in [-0.2, -0.15) is 0 Å². The van der Waals surface area contributed by atoms with Crippen LogP contribution in [0.5, 0.6) is 5.75 Å². The summed E-state index contributed by atoms with van der Waals surface area (Å²) in [6.45, 7) is 7.69. The Labute approximate surface area is 194 Å². The van der Waals surface area contributed by atoms with Crippen LogP contribution in [-0.4, -0.2) is 52.4 Å². The fourth-order valence-corrected chi connectivity index (χ4v) is 5.59. The number of benzene rings is 1. The molecule has 0 aliphatic carbocycles. The third-order valence-corrected chi connectivity index (χ3v) is 6.89. The molecule has 2 heterocycles. The zero-order valence-electron chi connectivity index (χ0n) is 18.4. The van der Waals surface area contributed by atoms with Gasteiger partial charge in [0, 0.05) is 26.5 Å². The van der Waals surface area contributed by atoms with E-state index in [0.29, 0.717) is 11.5 Å². The van der Waals surface area contributed by atoms with Crippen LogP contribution in [0.15, 0.2) is 24.3 Å². The number of hydrogen-bond acceptors (Lipinski definition) is 10. The summed E-state index contributed by atoms with van der Waals surface area (Å²) in [6, 6.07) is 7.54. The SMILES string of the molecule is CC(=O)O[C@@H]1[C@@H](OC(C)=O)[C@@H](Oc2cccc(-c3sc(C)nc3C)c2)SC[C@H]1OC(C)=O. The molecule has 0 spiro atoms. The highest BCUT2D eigenvalue weighted by atomic mass is 32.2. The first kappa shape index (κ1) is 24.1. The number of hydrogen-bond donors (Lipinski definition) is 0. The molecule has 1 fully saturated rings. The Morgan fingerprint density at radius 2 is 1.62 bits per heavy atom. The Morgan fingerprint density at radius 3 is 2.22 bits per heavy atom. The second-order valence-electron chi connectivity index (χ2n) is 7.29. The molecule has 0 bridgehead atoms. The van der Waals surface area contributed by atoms with Gasteiger partial charge in [0.05, 0.1) is 15.6 Å². The van der Waals surface area contributed by atoms with E-state index in [1.54, 1.807) is 17.4 Å². The summed E-state index contributed by atoms with van der Waals surface area (Å²) in [5.74, 6) is -0.777. The molecule has 10 heteroatoms. The predicted molar refractivity (Wildman–Crippen MR) is 121 cm³/mol. The van der Waals surface area contributed by atoms with E-state index in [1.807, 2.05) is 32.0 Å². The monoisotopic (exact) mass is 479 g/mol. The zero-order chi connectivity index (χ0) is 23.4. The van der Waals surface area contributed by atoms with Gasteiger partial charge in [0.2, 0.25) is 0 Å². The Bertz CT molecular complexity index is 1010. The molecule has 1 aliphatic heterocycles. The average molecular weight is 480 g/mol. The van der Waals surface area contributed by atoms with Crippen molar-refractivity contribution in [1.82, 2.24) is 4.98 Å². The summed E-state index contributed by atoms with van der Waals surface area (Å²) < 4.78 is 22.4. The average Bonchev–Trinajstić information content (AvgIpc) is 3.03. The molecule has 1 saturated heterocycles. The smallest absolute Gasteiger partial charge is 0.303 e. The van der Waals surface area contributed by atoms with Gasteiger partial charge in [-0.1, -0.05) is 12.1 Å². The lowest BCUT2D eigenvalue weighted by molar-refractivity contribution is -0.186. The van der Waals surface area contributed by atoms with Gasteiger partial charge >= 0.3 is 17.9 Å². The van der Waals surface area contributed by atoms with Crippen molar-refractivity contribution in [2.24, 2.45) is 0 Å². The van der Waals surface area contributed by atoms with Crippen LogP contribution in [0.1, 0.15) is 31.5 Å². The van der Waals surface area contributed by atoms with Crippen molar-refractivity contribution >= 4 is 41.0 Å². The molecule has 1 aromatic heterocycles. The van der Waals surface area contributed by atoms with E-state index in [2.05, 4.69) is 4.98 Å². The number of rotatable bonds is 6. The van der Waals surface area contributed by atoms with Crippen LogP contribution < -0.4 is 4.74 Å². The summed E-state index contributed by atoms with van der Waals surface area (Å²) in [4.78, 5) is 40.6. The van der Waals surface area contributed by atoms with E-state index in [4.69, 9.17) is 18.9 Å². The van der Waals surface area contributed by atoms with Gasteiger partial charge in [-0.25, -0.2) is 4.98 Å². The third-order valence-electron chi connectivity index (χ3n) is 4.56. The molecule has 8 nitrogen and oxygen atoms in total. The number of carbonyl (C=O) groups is 3. The molecule has 0 radical (unpaired) electrons. The van der Waals surface area contributed by atoms with Crippen LogP contribution >= 0.6 is 23.1 Å².